The molecule has 0 atom stereocenters. The Kier molecular flexibility index (Phi) is 6.39. The van der Waals surface area contributed by atoms with Crippen LogP contribution in [0.2, 0.25) is 5.02 Å². The predicted molar refractivity (Wildman–Crippen MR) is 142 cm³/mol. The molecule has 1 saturated heterocycles. The second-order valence-electron chi connectivity index (χ2n) is 7.93. The number of aliphatic imine (C=N–C) groups is 1. The Morgan fingerprint density at radius 1 is 0.971 bits per heavy atom. The molecule has 0 aromatic heterocycles. The topological polar surface area (TPSA) is 50.7 Å². The SMILES string of the molecule is Cc1ccc(N=C2NC(=O)/C(=C/c3c(OCc4ccc(Cl)cc4)ccc4ccccc34)S2)cc1. The monoisotopic (exact) mass is 484 g/mol. The van der Waals surface area contributed by atoms with Crippen LogP contribution < -0.4 is 10.1 Å². The summed E-state index contributed by atoms with van der Waals surface area (Å²) in [4.78, 5) is 17.9. The normalized spacial score (nSPS) is 15.8. The molecule has 5 rings (SSSR count). The highest BCUT2D eigenvalue weighted by Crippen LogP contribution is 2.35. The number of fused-ring (bicyclic) bond motifs is 1. The molecular formula is C28H21ClN2O2S. The van der Waals surface area contributed by atoms with E-state index in [-0.39, 0.29) is 5.91 Å². The zero-order valence-electron chi connectivity index (χ0n) is 18.4. The fraction of sp³-hybridized carbons (Fsp3) is 0.0714. The summed E-state index contributed by atoms with van der Waals surface area (Å²) in [7, 11) is 0. The van der Waals surface area contributed by atoms with Gasteiger partial charge in [-0.1, -0.05) is 71.8 Å². The number of halogens is 1. The lowest BCUT2D eigenvalue weighted by molar-refractivity contribution is -0.115. The van der Waals surface area contributed by atoms with Gasteiger partial charge in [0.25, 0.3) is 5.91 Å². The van der Waals surface area contributed by atoms with Gasteiger partial charge in [-0.05, 0) is 71.4 Å². The number of carbonyl (C=O) groups excluding carboxylic acids is 1. The lowest BCUT2D eigenvalue weighted by Crippen LogP contribution is -2.19. The first kappa shape index (κ1) is 22.3. The van der Waals surface area contributed by atoms with E-state index in [4.69, 9.17) is 16.3 Å². The molecule has 0 unspecified atom stereocenters. The number of amides is 1. The van der Waals surface area contributed by atoms with Crippen molar-refractivity contribution in [1.82, 2.24) is 5.32 Å². The zero-order chi connectivity index (χ0) is 23.5. The molecule has 1 aliphatic rings. The molecule has 4 nitrogen and oxygen atoms in total. The Labute approximate surface area is 207 Å². The summed E-state index contributed by atoms with van der Waals surface area (Å²) in [6.07, 6.45) is 1.89. The first-order valence-corrected chi connectivity index (χ1v) is 12.0. The van der Waals surface area contributed by atoms with E-state index in [2.05, 4.69) is 10.3 Å². The third-order valence-corrected chi connectivity index (χ3v) is 6.59. The number of hydrogen-bond acceptors (Lipinski definition) is 4. The molecule has 1 heterocycles. The molecule has 0 bridgehead atoms. The van der Waals surface area contributed by atoms with Crippen molar-refractivity contribution < 1.29 is 9.53 Å². The molecule has 1 amide bonds. The number of nitrogens with zero attached hydrogens (tertiary/aromatic N) is 1. The van der Waals surface area contributed by atoms with Crippen LogP contribution in [0.4, 0.5) is 5.69 Å². The van der Waals surface area contributed by atoms with Crippen LogP contribution in [0.3, 0.4) is 0 Å². The Bertz CT molecular complexity index is 1430. The van der Waals surface area contributed by atoms with E-state index in [0.717, 1.165) is 33.2 Å². The van der Waals surface area contributed by atoms with Gasteiger partial charge in [0.1, 0.15) is 12.4 Å². The lowest BCUT2D eigenvalue weighted by atomic mass is 10.0. The van der Waals surface area contributed by atoms with Crippen molar-refractivity contribution in [3.63, 3.8) is 0 Å². The van der Waals surface area contributed by atoms with E-state index in [1.54, 1.807) is 0 Å². The summed E-state index contributed by atoms with van der Waals surface area (Å²) in [6.45, 7) is 2.42. The van der Waals surface area contributed by atoms with Crippen LogP contribution in [0.25, 0.3) is 16.8 Å². The van der Waals surface area contributed by atoms with Crippen LogP contribution in [0.1, 0.15) is 16.7 Å². The number of carbonyl (C=O) groups is 1. The maximum atomic E-state index is 12.8. The highest BCUT2D eigenvalue weighted by Gasteiger charge is 2.25. The summed E-state index contributed by atoms with van der Waals surface area (Å²) in [5, 5.41) is 6.21. The number of rotatable bonds is 5. The molecule has 4 aromatic carbocycles. The van der Waals surface area contributed by atoms with Crippen molar-refractivity contribution in [3.05, 3.63) is 112 Å². The Morgan fingerprint density at radius 2 is 1.74 bits per heavy atom. The van der Waals surface area contributed by atoms with Gasteiger partial charge in [0.05, 0.1) is 10.6 Å². The number of hydrogen-bond donors (Lipinski definition) is 1. The minimum Gasteiger partial charge on any atom is -0.488 e. The Morgan fingerprint density at radius 3 is 2.53 bits per heavy atom. The minimum atomic E-state index is -0.174. The molecule has 34 heavy (non-hydrogen) atoms. The quantitative estimate of drug-likeness (QED) is 0.303. The first-order chi connectivity index (χ1) is 16.5. The van der Waals surface area contributed by atoms with Crippen molar-refractivity contribution in [2.45, 2.75) is 13.5 Å². The van der Waals surface area contributed by atoms with Crippen LogP contribution >= 0.6 is 23.4 Å². The second kappa shape index (κ2) is 9.75. The highest BCUT2D eigenvalue weighted by molar-refractivity contribution is 8.18. The summed E-state index contributed by atoms with van der Waals surface area (Å²) >= 11 is 7.33. The molecule has 168 valence electrons. The van der Waals surface area contributed by atoms with Crippen molar-refractivity contribution >= 4 is 57.0 Å². The third kappa shape index (κ3) is 5.01. The number of benzene rings is 4. The van der Waals surface area contributed by atoms with Crippen LogP contribution in [-0.2, 0) is 11.4 Å². The molecule has 0 radical (unpaired) electrons. The molecule has 0 spiro atoms. The number of ether oxygens (including phenoxy) is 1. The van der Waals surface area contributed by atoms with Crippen LogP contribution in [-0.4, -0.2) is 11.1 Å². The molecule has 1 fully saturated rings. The van der Waals surface area contributed by atoms with E-state index < -0.39 is 0 Å². The number of amidine groups is 1. The summed E-state index contributed by atoms with van der Waals surface area (Å²) in [6, 6.07) is 27.5. The molecule has 4 aromatic rings. The van der Waals surface area contributed by atoms with E-state index in [0.29, 0.717) is 27.5 Å². The van der Waals surface area contributed by atoms with Gasteiger partial charge < -0.3 is 10.1 Å². The molecular weight excluding hydrogens is 464 g/mol. The van der Waals surface area contributed by atoms with Gasteiger partial charge in [0.15, 0.2) is 5.17 Å². The van der Waals surface area contributed by atoms with Crippen molar-refractivity contribution in [2.75, 3.05) is 0 Å². The lowest BCUT2D eigenvalue weighted by Gasteiger charge is -2.13. The van der Waals surface area contributed by atoms with E-state index in [1.807, 2.05) is 97.9 Å². The van der Waals surface area contributed by atoms with Gasteiger partial charge in [0.2, 0.25) is 0 Å². The van der Waals surface area contributed by atoms with Crippen LogP contribution in [0.15, 0.2) is 94.8 Å². The summed E-state index contributed by atoms with van der Waals surface area (Å²) in [5.74, 6) is 0.533. The van der Waals surface area contributed by atoms with Gasteiger partial charge in [-0.15, -0.1) is 0 Å². The van der Waals surface area contributed by atoms with E-state index in [1.165, 1.54) is 11.8 Å². The summed E-state index contributed by atoms with van der Waals surface area (Å²) in [5.41, 5.74) is 3.83. The van der Waals surface area contributed by atoms with Crippen molar-refractivity contribution in [1.29, 1.82) is 0 Å². The van der Waals surface area contributed by atoms with Crippen molar-refractivity contribution in [3.8, 4) is 5.75 Å². The summed E-state index contributed by atoms with van der Waals surface area (Å²) < 4.78 is 6.19. The average Bonchev–Trinajstić information content (AvgIpc) is 3.19. The van der Waals surface area contributed by atoms with E-state index >= 15 is 0 Å². The van der Waals surface area contributed by atoms with Gasteiger partial charge in [-0.2, -0.15) is 0 Å². The van der Waals surface area contributed by atoms with Crippen LogP contribution in [0.5, 0.6) is 5.75 Å². The smallest absolute Gasteiger partial charge is 0.264 e. The van der Waals surface area contributed by atoms with Gasteiger partial charge in [0, 0.05) is 10.6 Å². The largest absolute Gasteiger partial charge is 0.488 e. The second-order valence-corrected chi connectivity index (χ2v) is 9.40. The minimum absolute atomic E-state index is 0.174. The van der Waals surface area contributed by atoms with Crippen LogP contribution in [0, 0.1) is 6.92 Å². The van der Waals surface area contributed by atoms with Crippen molar-refractivity contribution in [2.24, 2.45) is 4.99 Å². The average molecular weight is 485 g/mol. The van der Waals surface area contributed by atoms with Gasteiger partial charge >= 0.3 is 0 Å². The molecule has 1 N–H and O–H groups in total. The number of thioether (sulfide) groups is 1. The first-order valence-electron chi connectivity index (χ1n) is 10.8. The molecule has 0 aliphatic carbocycles. The zero-order valence-corrected chi connectivity index (χ0v) is 20.0. The molecule has 1 aliphatic heterocycles. The van der Waals surface area contributed by atoms with Gasteiger partial charge in [-0.3, -0.25) is 4.79 Å². The van der Waals surface area contributed by atoms with Gasteiger partial charge in [-0.25, -0.2) is 4.99 Å². The fourth-order valence-electron chi connectivity index (χ4n) is 3.64. The maximum absolute atomic E-state index is 12.8. The molecule has 6 heteroatoms. The number of aryl methyl sites for hydroxylation is 1. The number of nitrogens with one attached hydrogen (secondary N) is 1. The third-order valence-electron chi connectivity index (χ3n) is 5.43. The fourth-order valence-corrected chi connectivity index (χ4v) is 4.59. The Balaban J connectivity index is 1.47. The predicted octanol–water partition coefficient (Wildman–Crippen LogP) is 7.27. The maximum Gasteiger partial charge on any atom is 0.264 e. The standard InChI is InChI=1S/C28H21ClN2O2S/c1-18-6-13-22(14-7-18)30-28-31-27(32)26(34-28)16-24-23-5-3-2-4-20(23)10-15-25(24)33-17-19-8-11-21(29)12-9-19/h2-16H,17H2,1H3,(H,30,31,32)/b26-16-. The Hall–Kier alpha value is -3.54. The van der Waals surface area contributed by atoms with E-state index in [9.17, 15) is 4.79 Å². The molecule has 0 saturated carbocycles. The highest BCUT2D eigenvalue weighted by atomic mass is 35.5.